The zero-order chi connectivity index (χ0) is 20.6. The maximum atomic E-state index is 13.0. The van der Waals surface area contributed by atoms with Gasteiger partial charge in [-0.15, -0.1) is 0 Å². The second kappa shape index (κ2) is 7.41. The molecule has 0 aliphatic carbocycles. The van der Waals surface area contributed by atoms with Crippen LogP contribution in [0, 0.1) is 0 Å². The first kappa shape index (κ1) is 19.5. The molecule has 2 atom stereocenters. The Labute approximate surface area is 161 Å². The molecule has 1 aromatic carbocycles. The van der Waals surface area contributed by atoms with Gasteiger partial charge in [-0.3, -0.25) is 34.2 Å². The van der Waals surface area contributed by atoms with Gasteiger partial charge in [-0.05, 0) is 39.3 Å². The minimum atomic E-state index is -1.03. The quantitative estimate of drug-likeness (QED) is 0.630. The Bertz CT molecular complexity index is 879. The molecule has 3 rings (SSSR count). The van der Waals surface area contributed by atoms with E-state index in [4.69, 9.17) is 0 Å². The first-order chi connectivity index (χ1) is 13.2. The van der Waals surface area contributed by atoms with Crippen LogP contribution in [0.5, 0.6) is 0 Å². The van der Waals surface area contributed by atoms with Crippen molar-refractivity contribution in [3.05, 3.63) is 29.3 Å². The maximum absolute atomic E-state index is 13.0. The fourth-order valence-electron chi connectivity index (χ4n) is 3.34. The van der Waals surface area contributed by atoms with Crippen molar-refractivity contribution in [3.8, 4) is 0 Å². The average molecular weight is 386 g/mol. The molecular formula is C19H22N4O5. The summed E-state index contributed by atoms with van der Waals surface area (Å²) in [6.45, 7) is 5.33. The molecule has 28 heavy (non-hydrogen) atoms. The summed E-state index contributed by atoms with van der Waals surface area (Å²) >= 11 is 0. The number of carbonyl (C=O) groups is 5. The third-order valence-corrected chi connectivity index (χ3v) is 4.66. The number of benzene rings is 1. The van der Waals surface area contributed by atoms with Crippen LogP contribution in [0.2, 0.25) is 0 Å². The van der Waals surface area contributed by atoms with Gasteiger partial charge in [-0.1, -0.05) is 6.07 Å². The predicted molar refractivity (Wildman–Crippen MR) is 99.5 cm³/mol. The predicted octanol–water partition coefficient (Wildman–Crippen LogP) is 0.413. The van der Waals surface area contributed by atoms with Gasteiger partial charge in [0.05, 0.1) is 11.1 Å². The lowest BCUT2D eigenvalue weighted by Gasteiger charge is -2.27. The number of fused-ring (bicyclic) bond motifs is 1. The number of imide groups is 2. The van der Waals surface area contributed by atoms with Crippen molar-refractivity contribution in [2.24, 2.45) is 0 Å². The summed E-state index contributed by atoms with van der Waals surface area (Å²) in [5.74, 6) is -2.53. The lowest BCUT2D eigenvalue weighted by molar-refractivity contribution is -0.136. The van der Waals surface area contributed by atoms with Gasteiger partial charge >= 0.3 is 0 Å². The topological polar surface area (TPSA) is 125 Å². The van der Waals surface area contributed by atoms with Crippen molar-refractivity contribution in [3.63, 3.8) is 0 Å². The number of hydrogen-bond acceptors (Lipinski definition) is 6. The summed E-state index contributed by atoms with van der Waals surface area (Å²) in [5.41, 5.74) is 0.634. The molecular weight excluding hydrogens is 364 g/mol. The molecule has 2 aliphatic rings. The number of nitrogens with one attached hydrogen (secondary N) is 3. The van der Waals surface area contributed by atoms with Gasteiger partial charge in [0.15, 0.2) is 0 Å². The van der Waals surface area contributed by atoms with Gasteiger partial charge in [-0.2, -0.15) is 0 Å². The monoisotopic (exact) mass is 386 g/mol. The normalized spacial score (nSPS) is 20.1. The van der Waals surface area contributed by atoms with Crippen LogP contribution >= 0.6 is 0 Å². The second-order valence-corrected chi connectivity index (χ2v) is 7.20. The molecule has 2 heterocycles. The summed E-state index contributed by atoms with van der Waals surface area (Å²) in [4.78, 5) is 62.3. The van der Waals surface area contributed by atoms with Crippen molar-refractivity contribution >= 4 is 35.2 Å². The third-order valence-electron chi connectivity index (χ3n) is 4.66. The fourth-order valence-corrected chi connectivity index (χ4v) is 3.34. The Kier molecular flexibility index (Phi) is 5.17. The lowest BCUT2D eigenvalue weighted by atomic mass is 10.0. The smallest absolute Gasteiger partial charge is 0.264 e. The van der Waals surface area contributed by atoms with E-state index < -0.39 is 35.7 Å². The van der Waals surface area contributed by atoms with Gasteiger partial charge in [0.2, 0.25) is 17.7 Å². The lowest BCUT2D eigenvalue weighted by Crippen LogP contribution is -2.54. The Morgan fingerprint density at radius 2 is 1.86 bits per heavy atom. The Balaban J connectivity index is 1.87. The number of piperidine rings is 1. The van der Waals surface area contributed by atoms with E-state index in [2.05, 4.69) is 16.0 Å². The largest absolute Gasteiger partial charge is 0.373 e. The number of hydrogen-bond donors (Lipinski definition) is 3. The number of nitrogens with zero attached hydrogens (tertiary/aromatic N) is 1. The van der Waals surface area contributed by atoms with Crippen LogP contribution in [-0.2, 0) is 14.4 Å². The molecule has 1 unspecified atom stereocenters. The minimum absolute atomic E-state index is 0.0375. The highest BCUT2D eigenvalue weighted by molar-refractivity contribution is 6.25. The standard InChI is InChI=1S/C19H22N4O5/c1-9(2)20-16(25)10(3)21-12-6-4-5-11-15(12)19(28)23(18(11)27)13-7-8-14(24)22-17(13)26/h4-6,9-10,13,21H,7-8H2,1-3H3,(H,20,25)(H,22,24,26)/t10-,13?/m1/s1. The molecule has 3 N–H and O–H groups in total. The second-order valence-electron chi connectivity index (χ2n) is 7.20. The van der Waals surface area contributed by atoms with E-state index in [1.165, 1.54) is 6.07 Å². The van der Waals surface area contributed by atoms with Crippen LogP contribution in [0.25, 0.3) is 0 Å². The zero-order valence-electron chi connectivity index (χ0n) is 15.9. The molecule has 9 heteroatoms. The Morgan fingerprint density at radius 3 is 2.50 bits per heavy atom. The van der Waals surface area contributed by atoms with Crippen molar-refractivity contribution in [1.29, 1.82) is 0 Å². The van der Waals surface area contributed by atoms with Crippen LogP contribution in [-0.4, -0.2) is 52.6 Å². The number of rotatable bonds is 5. The van der Waals surface area contributed by atoms with E-state index in [0.29, 0.717) is 5.69 Å². The van der Waals surface area contributed by atoms with Gasteiger partial charge in [-0.25, -0.2) is 0 Å². The highest BCUT2D eigenvalue weighted by Gasteiger charge is 2.45. The summed E-state index contributed by atoms with van der Waals surface area (Å²) in [5, 5.41) is 7.91. The van der Waals surface area contributed by atoms with Crippen LogP contribution in [0.4, 0.5) is 5.69 Å². The fraction of sp³-hybridized carbons (Fsp3) is 0.421. The minimum Gasteiger partial charge on any atom is -0.373 e. The molecule has 1 saturated heterocycles. The molecule has 5 amide bonds. The first-order valence-corrected chi connectivity index (χ1v) is 9.12. The highest BCUT2D eigenvalue weighted by atomic mass is 16.2. The Morgan fingerprint density at radius 1 is 1.14 bits per heavy atom. The van der Waals surface area contributed by atoms with Crippen LogP contribution < -0.4 is 16.0 Å². The van der Waals surface area contributed by atoms with Gasteiger partial charge in [0.25, 0.3) is 11.8 Å². The SMILES string of the molecule is CC(C)NC(=O)[C@@H](C)Nc1cccc2c1C(=O)N(C1CCC(=O)NC1=O)C2=O. The zero-order valence-corrected chi connectivity index (χ0v) is 15.9. The van der Waals surface area contributed by atoms with Gasteiger partial charge in [0.1, 0.15) is 12.1 Å². The van der Waals surface area contributed by atoms with E-state index >= 15 is 0 Å². The van der Waals surface area contributed by atoms with Gasteiger partial charge < -0.3 is 10.6 Å². The summed E-state index contributed by atoms with van der Waals surface area (Å²) in [7, 11) is 0. The molecule has 2 aliphatic heterocycles. The molecule has 0 spiro atoms. The summed E-state index contributed by atoms with van der Waals surface area (Å²) in [6.07, 6.45) is 0.146. The number of anilines is 1. The molecule has 0 saturated carbocycles. The Hall–Kier alpha value is -3.23. The van der Waals surface area contributed by atoms with Crippen molar-refractivity contribution in [2.75, 3.05) is 5.32 Å². The average Bonchev–Trinajstić information content (AvgIpc) is 2.87. The molecule has 0 bridgehead atoms. The van der Waals surface area contributed by atoms with Crippen LogP contribution in [0.15, 0.2) is 18.2 Å². The van der Waals surface area contributed by atoms with E-state index in [9.17, 15) is 24.0 Å². The molecule has 1 aromatic rings. The molecule has 1 fully saturated rings. The van der Waals surface area contributed by atoms with E-state index in [1.807, 2.05) is 13.8 Å². The van der Waals surface area contributed by atoms with Crippen molar-refractivity contribution in [2.45, 2.75) is 51.7 Å². The summed E-state index contributed by atoms with van der Waals surface area (Å²) < 4.78 is 0. The molecule has 9 nitrogen and oxygen atoms in total. The van der Waals surface area contributed by atoms with Crippen molar-refractivity contribution in [1.82, 2.24) is 15.5 Å². The molecule has 0 radical (unpaired) electrons. The van der Waals surface area contributed by atoms with Crippen LogP contribution in [0.1, 0.15) is 54.3 Å². The highest BCUT2D eigenvalue weighted by Crippen LogP contribution is 2.32. The molecule has 0 aromatic heterocycles. The first-order valence-electron chi connectivity index (χ1n) is 9.12. The van der Waals surface area contributed by atoms with E-state index in [1.54, 1.807) is 19.1 Å². The maximum Gasteiger partial charge on any atom is 0.264 e. The van der Waals surface area contributed by atoms with E-state index in [0.717, 1.165) is 4.90 Å². The van der Waals surface area contributed by atoms with Crippen LogP contribution in [0.3, 0.4) is 0 Å². The summed E-state index contributed by atoms with van der Waals surface area (Å²) in [6, 6.07) is 3.02. The number of carbonyl (C=O) groups excluding carboxylic acids is 5. The third kappa shape index (κ3) is 3.47. The molecule has 148 valence electrons. The van der Waals surface area contributed by atoms with Crippen molar-refractivity contribution < 1.29 is 24.0 Å². The van der Waals surface area contributed by atoms with Gasteiger partial charge in [0, 0.05) is 18.2 Å². The van der Waals surface area contributed by atoms with E-state index in [-0.39, 0.29) is 35.9 Å². The number of amides is 5.